The van der Waals surface area contributed by atoms with E-state index in [0.29, 0.717) is 5.92 Å². The van der Waals surface area contributed by atoms with E-state index in [4.69, 9.17) is 11.6 Å². The maximum absolute atomic E-state index is 12.1. The van der Waals surface area contributed by atoms with E-state index in [9.17, 15) is 14.9 Å². The predicted molar refractivity (Wildman–Crippen MR) is 70.2 cm³/mol. The number of nitrogens with one attached hydrogen (secondary N) is 1. The fourth-order valence-electron chi connectivity index (χ4n) is 2.39. The Bertz CT molecular complexity index is 521. The SMILES string of the molecule is CC1CCC(NC(=O)c2ccnc(Cl)c2[N+](=O)[O-])C1. The first-order valence-corrected chi connectivity index (χ1v) is 6.46. The molecule has 1 fully saturated rings. The third-order valence-electron chi connectivity index (χ3n) is 3.34. The number of hydrogen-bond acceptors (Lipinski definition) is 4. The number of pyridine rings is 1. The van der Waals surface area contributed by atoms with E-state index in [1.54, 1.807) is 0 Å². The van der Waals surface area contributed by atoms with Gasteiger partial charge in [-0.25, -0.2) is 4.98 Å². The van der Waals surface area contributed by atoms with Gasteiger partial charge < -0.3 is 5.32 Å². The van der Waals surface area contributed by atoms with E-state index < -0.39 is 16.5 Å². The van der Waals surface area contributed by atoms with Crippen molar-refractivity contribution in [3.63, 3.8) is 0 Å². The predicted octanol–water partition coefficient (Wildman–Crippen LogP) is 2.56. The van der Waals surface area contributed by atoms with Crippen molar-refractivity contribution in [2.45, 2.75) is 32.2 Å². The zero-order valence-electron chi connectivity index (χ0n) is 10.4. The van der Waals surface area contributed by atoms with Crippen molar-refractivity contribution in [2.24, 2.45) is 5.92 Å². The van der Waals surface area contributed by atoms with Gasteiger partial charge in [0.05, 0.1) is 4.92 Å². The minimum Gasteiger partial charge on any atom is -0.349 e. The standard InChI is InChI=1S/C12H14ClN3O3/c1-7-2-3-8(6-7)15-12(17)9-4-5-14-11(13)10(9)16(18)19/h4-5,7-8H,2-3,6H2,1H3,(H,15,17). The summed E-state index contributed by atoms with van der Waals surface area (Å²) in [6.07, 6.45) is 4.16. The van der Waals surface area contributed by atoms with Crippen LogP contribution in [0.4, 0.5) is 5.69 Å². The van der Waals surface area contributed by atoms with E-state index in [0.717, 1.165) is 19.3 Å². The molecule has 0 aliphatic heterocycles. The van der Waals surface area contributed by atoms with Gasteiger partial charge in [-0.1, -0.05) is 18.5 Å². The molecule has 1 aromatic heterocycles. The van der Waals surface area contributed by atoms with Crippen molar-refractivity contribution < 1.29 is 9.72 Å². The molecule has 2 atom stereocenters. The van der Waals surface area contributed by atoms with Crippen LogP contribution in [0.15, 0.2) is 12.3 Å². The number of rotatable bonds is 3. The van der Waals surface area contributed by atoms with E-state index in [1.807, 2.05) is 0 Å². The number of hydrogen-bond donors (Lipinski definition) is 1. The van der Waals surface area contributed by atoms with Gasteiger partial charge in [-0.15, -0.1) is 0 Å². The smallest absolute Gasteiger partial charge is 0.319 e. The Hall–Kier alpha value is -1.69. The number of halogens is 1. The van der Waals surface area contributed by atoms with Crippen LogP contribution in [0.25, 0.3) is 0 Å². The summed E-state index contributed by atoms with van der Waals surface area (Å²) in [5.41, 5.74) is -0.475. The maximum atomic E-state index is 12.1. The average Bonchev–Trinajstić information content (AvgIpc) is 2.73. The zero-order chi connectivity index (χ0) is 14.0. The Morgan fingerprint density at radius 3 is 2.89 bits per heavy atom. The van der Waals surface area contributed by atoms with Crippen LogP contribution in [0.1, 0.15) is 36.5 Å². The van der Waals surface area contributed by atoms with E-state index in [2.05, 4.69) is 17.2 Å². The molecule has 102 valence electrons. The van der Waals surface area contributed by atoms with E-state index in [1.165, 1.54) is 12.3 Å². The first-order chi connectivity index (χ1) is 8.99. The lowest BCUT2D eigenvalue weighted by Crippen LogP contribution is -2.33. The van der Waals surface area contributed by atoms with Crippen LogP contribution in [0, 0.1) is 16.0 Å². The Labute approximate surface area is 115 Å². The summed E-state index contributed by atoms with van der Waals surface area (Å²) >= 11 is 5.68. The molecule has 1 amide bonds. The van der Waals surface area contributed by atoms with Gasteiger partial charge in [-0.05, 0) is 31.2 Å². The molecule has 1 saturated carbocycles. The van der Waals surface area contributed by atoms with Gasteiger partial charge >= 0.3 is 5.69 Å². The van der Waals surface area contributed by atoms with Crippen molar-refractivity contribution in [1.82, 2.24) is 10.3 Å². The lowest BCUT2D eigenvalue weighted by atomic mass is 10.1. The average molecular weight is 284 g/mol. The first kappa shape index (κ1) is 13.7. The molecule has 1 aromatic rings. The number of carbonyl (C=O) groups excluding carboxylic acids is 1. The molecule has 0 radical (unpaired) electrons. The molecular weight excluding hydrogens is 270 g/mol. The number of nitrogens with zero attached hydrogens (tertiary/aromatic N) is 2. The van der Waals surface area contributed by atoms with Gasteiger partial charge in [0.15, 0.2) is 0 Å². The molecule has 2 rings (SSSR count). The molecule has 1 aliphatic rings. The Balaban J connectivity index is 2.19. The highest BCUT2D eigenvalue weighted by Crippen LogP contribution is 2.28. The second-order valence-electron chi connectivity index (χ2n) is 4.84. The molecule has 7 heteroatoms. The Kier molecular flexibility index (Phi) is 3.99. The Morgan fingerprint density at radius 2 is 2.32 bits per heavy atom. The molecule has 2 unspecified atom stereocenters. The molecule has 1 heterocycles. The second kappa shape index (κ2) is 5.52. The minimum absolute atomic E-state index is 0.0375. The highest BCUT2D eigenvalue weighted by atomic mass is 35.5. The molecule has 0 saturated heterocycles. The molecule has 6 nitrogen and oxygen atoms in total. The lowest BCUT2D eigenvalue weighted by Gasteiger charge is -2.12. The fraction of sp³-hybridized carbons (Fsp3) is 0.500. The highest BCUT2D eigenvalue weighted by Gasteiger charge is 2.28. The number of amides is 1. The van der Waals surface area contributed by atoms with Gasteiger partial charge in [-0.3, -0.25) is 14.9 Å². The van der Waals surface area contributed by atoms with Crippen LogP contribution in [0.5, 0.6) is 0 Å². The van der Waals surface area contributed by atoms with Crippen LogP contribution in [0.2, 0.25) is 5.15 Å². The van der Waals surface area contributed by atoms with E-state index in [-0.39, 0.29) is 16.8 Å². The van der Waals surface area contributed by atoms with Crippen molar-refractivity contribution in [3.05, 3.63) is 33.1 Å². The van der Waals surface area contributed by atoms with Crippen LogP contribution in [-0.2, 0) is 0 Å². The van der Waals surface area contributed by atoms with Gasteiger partial charge in [0.2, 0.25) is 5.15 Å². The number of nitro groups is 1. The summed E-state index contributed by atoms with van der Waals surface area (Å²) in [5.74, 6) is 0.108. The molecule has 0 aromatic carbocycles. The maximum Gasteiger partial charge on any atom is 0.319 e. The summed E-state index contributed by atoms with van der Waals surface area (Å²) < 4.78 is 0. The molecule has 0 bridgehead atoms. The number of aromatic nitrogens is 1. The van der Waals surface area contributed by atoms with Gasteiger partial charge in [0.1, 0.15) is 5.56 Å². The summed E-state index contributed by atoms with van der Waals surface area (Å²) in [7, 11) is 0. The van der Waals surface area contributed by atoms with Crippen molar-refractivity contribution in [1.29, 1.82) is 0 Å². The first-order valence-electron chi connectivity index (χ1n) is 6.08. The summed E-state index contributed by atoms with van der Waals surface area (Å²) in [6.45, 7) is 2.12. The molecular formula is C12H14ClN3O3. The van der Waals surface area contributed by atoms with E-state index >= 15 is 0 Å². The third-order valence-corrected chi connectivity index (χ3v) is 3.61. The van der Waals surface area contributed by atoms with Crippen LogP contribution >= 0.6 is 11.6 Å². The van der Waals surface area contributed by atoms with Crippen molar-refractivity contribution in [3.8, 4) is 0 Å². The largest absolute Gasteiger partial charge is 0.349 e. The fourth-order valence-corrected chi connectivity index (χ4v) is 2.61. The van der Waals surface area contributed by atoms with Gasteiger partial charge in [0, 0.05) is 12.2 Å². The van der Waals surface area contributed by atoms with Gasteiger partial charge in [0.25, 0.3) is 5.91 Å². The third kappa shape index (κ3) is 3.01. The summed E-state index contributed by atoms with van der Waals surface area (Å²) in [5, 5.41) is 13.5. The van der Waals surface area contributed by atoms with Gasteiger partial charge in [-0.2, -0.15) is 0 Å². The normalized spacial score (nSPS) is 22.2. The summed E-state index contributed by atoms with van der Waals surface area (Å²) in [6, 6.07) is 1.40. The number of carbonyl (C=O) groups is 1. The highest BCUT2D eigenvalue weighted by molar-refractivity contribution is 6.32. The molecule has 19 heavy (non-hydrogen) atoms. The lowest BCUT2D eigenvalue weighted by molar-refractivity contribution is -0.385. The minimum atomic E-state index is -0.679. The Morgan fingerprint density at radius 1 is 1.58 bits per heavy atom. The quantitative estimate of drug-likeness (QED) is 0.525. The second-order valence-corrected chi connectivity index (χ2v) is 5.20. The molecule has 1 aliphatic carbocycles. The van der Waals surface area contributed by atoms with Crippen LogP contribution in [-0.4, -0.2) is 21.9 Å². The topological polar surface area (TPSA) is 85.1 Å². The molecule has 0 spiro atoms. The van der Waals surface area contributed by atoms with Crippen LogP contribution < -0.4 is 5.32 Å². The van der Waals surface area contributed by atoms with Crippen molar-refractivity contribution >= 4 is 23.2 Å². The zero-order valence-corrected chi connectivity index (χ0v) is 11.2. The van der Waals surface area contributed by atoms with Crippen LogP contribution in [0.3, 0.4) is 0 Å². The molecule has 1 N–H and O–H groups in total. The summed E-state index contributed by atoms with van der Waals surface area (Å²) in [4.78, 5) is 26.0. The monoisotopic (exact) mass is 283 g/mol. The van der Waals surface area contributed by atoms with Crippen molar-refractivity contribution in [2.75, 3.05) is 0 Å².